The van der Waals surface area contributed by atoms with E-state index < -0.39 is 0 Å². The third-order valence-corrected chi connectivity index (χ3v) is 3.98. The van der Waals surface area contributed by atoms with Gasteiger partial charge in [0.2, 0.25) is 0 Å². The fourth-order valence-corrected chi connectivity index (χ4v) is 2.94. The number of hydrogen-bond acceptors (Lipinski definition) is 4. The maximum absolute atomic E-state index is 12.1. The van der Waals surface area contributed by atoms with Gasteiger partial charge in [-0.2, -0.15) is 0 Å². The molecule has 3 nitrogen and oxygen atoms in total. The molecule has 0 atom stereocenters. The lowest BCUT2D eigenvalue weighted by atomic mass is 10.1. The van der Waals surface area contributed by atoms with Crippen LogP contribution in [-0.4, -0.2) is 28.2 Å². The second kappa shape index (κ2) is 5.65. The molecular weight excluding hydrogens is 264 g/mol. The molecule has 0 aliphatic carbocycles. The first-order chi connectivity index (χ1) is 8.61. The van der Waals surface area contributed by atoms with Crippen molar-refractivity contribution in [3.63, 3.8) is 0 Å². The quantitative estimate of drug-likeness (QED) is 0.680. The Hall–Kier alpha value is -1.17. The molecule has 18 heavy (non-hydrogen) atoms. The first-order valence-corrected chi connectivity index (χ1v) is 6.86. The summed E-state index contributed by atoms with van der Waals surface area (Å²) < 4.78 is 0.587. The number of benzene rings is 1. The third kappa shape index (κ3) is 2.80. The molecule has 0 bridgehead atoms. The molecule has 1 fully saturated rings. The van der Waals surface area contributed by atoms with Gasteiger partial charge in [0.1, 0.15) is 4.32 Å². The summed E-state index contributed by atoms with van der Waals surface area (Å²) in [5.74, 6) is -0.0453. The average Bonchev–Trinajstić information content (AvgIpc) is 2.60. The molecule has 2 N–H and O–H groups in total. The number of hydrogen-bond donors (Lipinski definition) is 1. The van der Waals surface area contributed by atoms with E-state index in [1.807, 2.05) is 37.3 Å². The Kier molecular flexibility index (Phi) is 4.16. The van der Waals surface area contributed by atoms with Gasteiger partial charge in [-0.1, -0.05) is 53.8 Å². The monoisotopic (exact) mass is 278 g/mol. The minimum Gasteiger partial charge on any atom is -0.329 e. The van der Waals surface area contributed by atoms with E-state index in [1.165, 1.54) is 17.3 Å². The number of aryl methyl sites for hydroxylation is 1. The summed E-state index contributed by atoms with van der Waals surface area (Å²) >= 11 is 6.50. The number of thiocarbonyl (C=S) groups is 1. The number of nitrogens with zero attached hydrogens (tertiary/aromatic N) is 1. The van der Waals surface area contributed by atoms with E-state index in [2.05, 4.69) is 0 Å². The SMILES string of the molecule is Cc1ccc(/C=C2/SC(=S)N(CCN)C2=O)cc1. The van der Waals surface area contributed by atoms with Gasteiger partial charge in [-0.3, -0.25) is 9.69 Å². The van der Waals surface area contributed by atoms with E-state index >= 15 is 0 Å². The molecule has 0 radical (unpaired) electrons. The molecule has 5 heteroatoms. The molecule has 1 aliphatic rings. The molecule has 1 aromatic carbocycles. The Bertz CT molecular complexity index is 508. The van der Waals surface area contributed by atoms with Crippen LogP contribution in [0.25, 0.3) is 6.08 Å². The van der Waals surface area contributed by atoms with Gasteiger partial charge < -0.3 is 5.73 Å². The molecule has 0 spiro atoms. The number of nitrogens with two attached hydrogens (primary N) is 1. The normalized spacial score (nSPS) is 17.9. The van der Waals surface area contributed by atoms with Gasteiger partial charge in [0, 0.05) is 13.1 Å². The number of carbonyl (C=O) groups excluding carboxylic acids is 1. The van der Waals surface area contributed by atoms with Gasteiger partial charge in [0.05, 0.1) is 4.91 Å². The Labute approximate surface area is 116 Å². The van der Waals surface area contributed by atoms with Crippen LogP contribution < -0.4 is 5.73 Å². The van der Waals surface area contributed by atoms with Crippen molar-refractivity contribution in [3.05, 3.63) is 40.3 Å². The zero-order valence-corrected chi connectivity index (χ0v) is 11.7. The molecule has 0 aromatic heterocycles. The van der Waals surface area contributed by atoms with Crippen LogP contribution in [0.15, 0.2) is 29.2 Å². The lowest BCUT2D eigenvalue weighted by Crippen LogP contribution is -2.32. The summed E-state index contributed by atoms with van der Waals surface area (Å²) in [4.78, 5) is 14.3. The number of rotatable bonds is 3. The predicted octanol–water partition coefficient (Wildman–Crippen LogP) is 2.15. The van der Waals surface area contributed by atoms with Gasteiger partial charge in [-0.05, 0) is 18.6 Å². The first kappa shape index (κ1) is 13.3. The minimum atomic E-state index is -0.0453. The summed E-state index contributed by atoms with van der Waals surface area (Å²) in [7, 11) is 0. The van der Waals surface area contributed by atoms with Gasteiger partial charge in [-0.15, -0.1) is 0 Å². The van der Waals surface area contributed by atoms with E-state index in [1.54, 1.807) is 4.90 Å². The van der Waals surface area contributed by atoms with Crippen molar-refractivity contribution in [2.45, 2.75) is 6.92 Å². The highest BCUT2D eigenvalue weighted by Crippen LogP contribution is 2.32. The van der Waals surface area contributed by atoms with Crippen molar-refractivity contribution < 1.29 is 4.79 Å². The number of carbonyl (C=O) groups is 1. The topological polar surface area (TPSA) is 46.3 Å². The standard InChI is InChI=1S/C13H14N2OS2/c1-9-2-4-10(5-3-9)8-11-12(16)15(7-6-14)13(17)18-11/h2-5,8H,6-7,14H2,1H3/b11-8+. The van der Waals surface area contributed by atoms with Crippen LogP contribution in [0.2, 0.25) is 0 Å². The largest absolute Gasteiger partial charge is 0.329 e. The van der Waals surface area contributed by atoms with Gasteiger partial charge in [-0.25, -0.2) is 0 Å². The van der Waals surface area contributed by atoms with E-state index in [4.69, 9.17) is 18.0 Å². The Morgan fingerprint density at radius 2 is 2.06 bits per heavy atom. The first-order valence-electron chi connectivity index (χ1n) is 5.64. The second-order valence-electron chi connectivity index (χ2n) is 4.03. The fourth-order valence-electron chi connectivity index (χ4n) is 1.64. The molecule has 0 saturated carbocycles. The minimum absolute atomic E-state index is 0.0453. The molecule has 0 unspecified atom stereocenters. The molecule has 1 aliphatic heterocycles. The highest BCUT2D eigenvalue weighted by atomic mass is 32.2. The molecule has 2 rings (SSSR count). The van der Waals surface area contributed by atoms with E-state index in [0.717, 1.165) is 5.56 Å². The fraction of sp³-hybridized carbons (Fsp3) is 0.231. The van der Waals surface area contributed by atoms with Crippen molar-refractivity contribution >= 4 is 40.3 Å². The van der Waals surface area contributed by atoms with Crippen LogP contribution >= 0.6 is 24.0 Å². The third-order valence-electron chi connectivity index (χ3n) is 2.60. The van der Waals surface area contributed by atoms with Gasteiger partial charge >= 0.3 is 0 Å². The molecule has 1 aromatic rings. The smallest absolute Gasteiger partial charge is 0.266 e. The summed E-state index contributed by atoms with van der Waals surface area (Å²) in [6, 6.07) is 8.02. The molecular formula is C13H14N2OS2. The summed E-state index contributed by atoms with van der Waals surface area (Å²) in [6.07, 6.45) is 1.87. The molecule has 1 heterocycles. The van der Waals surface area contributed by atoms with Gasteiger partial charge in [0.25, 0.3) is 5.91 Å². The molecule has 1 saturated heterocycles. The van der Waals surface area contributed by atoms with E-state index in [0.29, 0.717) is 22.3 Å². The average molecular weight is 278 g/mol. The van der Waals surface area contributed by atoms with Crippen LogP contribution in [0.5, 0.6) is 0 Å². The maximum Gasteiger partial charge on any atom is 0.266 e. The second-order valence-corrected chi connectivity index (χ2v) is 5.71. The number of amides is 1. The Morgan fingerprint density at radius 1 is 1.39 bits per heavy atom. The van der Waals surface area contributed by atoms with Crippen molar-refractivity contribution in [1.29, 1.82) is 0 Å². The zero-order chi connectivity index (χ0) is 13.1. The Balaban J connectivity index is 2.22. The van der Waals surface area contributed by atoms with E-state index in [9.17, 15) is 4.79 Å². The lowest BCUT2D eigenvalue weighted by Gasteiger charge is -2.11. The summed E-state index contributed by atoms with van der Waals surface area (Å²) in [6.45, 7) is 2.94. The van der Waals surface area contributed by atoms with Crippen LogP contribution in [0.3, 0.4) is 0 Å². The summed E-state index contributed by atoms with van der Waals surface area (Å²) in [5.41, 5.74) is 7.67. The van der Waals surface area contributed by atoms with Gasteiger partial charge in [0.15, 0.2) is 0 Å². The highest BCUT2D eigenvalue weighted by Gasteiger charge is 2.31. The van der Waals surface area contributed by atoms with Crippen molar-refractivity contribution in [1.82, 2.24) is 4.90 Å². The van der Waals surface area contributed by atoms with Crippen LogP contribution in [0, 0.1) is 6.92 Å². The maximum atomic E-state index is 12.1. The van der Waals surface area contributed by atoms with Crippen molar-refractivity contribution in [3.8, 4) is 0 Å². The Morgan fingerprint density at radius 3 is 2.67 bits per heavy atom. The van der Waals surface area contributed by atoms with Crippen LogP contribution in [0.4, 0.5) is 0 Å². The molecule has 94 valence electrons. The van der Waals surface area contributed by atoms with Crippen molar-refractivity contribution in [2.24, 2.45) is 5.73 Å². The highest BCUT2D eigenvalue weighted by molar-refractivity contribution is 8.26. The zero-order valence-electron chi connectivity index (χ0n) is 10.1. The predicted molar refractivity (Wildman–Crippen MR) is 80.1 cm³/mol. The van der Waals surface area contributed by atoms with E-state index in [-0.39, 0.29) is 5.91 Å². The van der Waals surface area contributed by atoms with Crippen molar-refractivity contribution in [2.75, 3.05) is 13.1 Å². The molecule has 1 amide bonds. The van der Waals surface area contributed by atoms with Crippen LogP contribution in [0.1, 0.15) is 11.1 Å². The van der Waals surface area contributed by atoms with Crippen LogP contribution in [-0.2, 0) is 4.79 Å². The number of thioether (sulfide) groups is 1. The lowest BCUT2D eigenvalue weighted by molar-refractivity contribution is -0.122. The summed E-state index contributed by atoms with van der Waals surface area (Å²) in [5, 5.41) is 0.